The Balaban J connectivity index is 1.55. The number of hydrogen-bond donors (Lipinski definition) is 2. The Morgan fingerprint density at radius 2 is 2.20 bits per heavy atom. The van der Waals surface area contributed by atoms with Gasteiger partial charge in [0.2, 0.25) is 0 Å². The molecule has 0 spiro atoms. The van der Waals surface area contributed by atoms with Crippen LogP contribution in [-0.4, -0.2) is 41.7 Å². The molecule has 2 amide bonds. The number of carbonyl (C=O) groups excluding carboxylic acids is 2. The number of ether oxygens (including phenoxy) is 1. The average Bonchev–Trinajstić information content (AvgIpc) is 2.93. The maximum Gasteiger partial charge on any atom is 0.333 e. The number of unbranched alkanes of at least 4 members (excludes halogenated alkanes) is 2. The molecule has 2 heterocycles. The van der Waals surface area contributed by atoms with Crippen LogP contribution in [0.5, 0.6) is 0 Å². The van der Waals surface area contributed by atoms with Crippen molar-refractivity contribution in [3.8, 4) is 0 Å². The highest BCUT2D eigenvalue weighted by Crippen LogP contribution is 2.33. The molecule has 2 rings (SSSR count). The Hall–Kier alpha value is -1.17. The van der Waals surface area contributed by atoms with Crippen molar-refractivity contribution < 1.29 is 14.3 Å². The minimum absolute atomic E-state index is 0.0305. The zero-order valence-corrected chi connectivity index (χ0v) is 12.6. The smallest absolute Gasteiger partial charge is 0.333 e. The minimum Gasteiger partial charge on any atom is -0.462 e. The molecule has 0 radical (unpaired) electrons. The molecule has 2 aliphatic heterocycles. The third-order valence-electron chi connectivity index (χ3n) is 3.65. The van der Waals surface area contributed by atoms with Crippen molar-refractivity contribution in [2.45, 2.75) is 49.9 Å². The Morgan fingerprint density at radius 1 is 1.40 bits per heavy atom. The summed E-state index contributed by atoms with van der Waals surface area (Å²) < 4.78 is 5.05. The average molecular weight is 298 g/mol. The second-order valence-electron chi connectivity index (χ2n) is 5.39. The van der Waals surface area contributed by atoms with Gasteiger partial charge in [-0.05, 0) is 19.8 Å². The fraction of sp³-hybridized carbons (Fsp3) is 0.714. The summed E-state index contributed by atoms with van der Waals surface area (Å²) in [5.74, 6) is 0.698. The van der Waals surface area contributed by atoms with E-state index in [1.807, 2.05) is 11.8 Å². The lowest BCUT2D eigenvalue weighted by Gasteiger charge is -2.16. The fourth-order valence-electron chi connectivity index (χ4n) is 2.56. The number of urea groups is 1. The first kappa shape index (κ1) is 15.2. The molecule has 0 aromatic heterocycles. The highest BCUT2D eigenvalue weighted by Gasteiger charge is 2.42. The van der Waals surface area contributed by atoms with Crippen LogP contribution in [0.15, 0.2) is 12.2 Å². The van der Waals surface area contributed by atoms with Gasteiger partial charge in [-0.15, -0.1) is 0 Å². The zero-order valence-electron chi connectivity index (χ0n) is 11.8. The molecule has 20 heavy (non-hydrogen) atoms. The monoisotopic (exact) mass is 298 g/mol. The molecule has 2 aliphatic rings. The maximum atomic E-state index is 11.2. The molecular formula is C14H22N2O3S. The van der Waals surface area contributed by atoms with E-state index >= 15 is 0 Å². The summed E-state index contributed by atoms with van der Waals surface area (Å²) in [5, 5.41) is 6.45. The van der Waals surface area contributed by atoms with Crippen molar-refractivity contribution in [3.05, 3.63) is 12.2 Å². The van der Waals surface area contributed by atoms with E-state index < -0.39 is 0 Å². The lowest BCUT2D eigenvalue weighted by Crippen LogP contribution is -2.36. The molecule has 0 aliphatic carbocycles. The molecule has 6 heteroatoms. The predicted octanol–water partition coefficient (Wildman–Crippen LogP) is 1.83. The van der Waals surface area contributed by atoms with Crippen molar-refractivity contribution in [3.63, 3.8) is 0 Å². The van der Waals surface area contributed by atoms with Crippen molar-refractivity contribution >= 4 is 23.8 Å². The summed E-state index contributed by atoms with van der Waals surface area (Å²) in [6, 6.07) is 0.555. The topological polar surface area (TPSA) is 67.4 Å². The van der Waals surface area contributed by atoms with Gasteiger partial charge in [-0.1, -0.05) is 19.4 Å². The summed E-state index contributed by atoms with van der Waals surface area (Å²) in [5.41, 5.74) is 0.447. The number of hydrogen-bond acceptors (Lipinski definition) is 4. The van der Waals surface area contributed by atoms with E-state index in [0.717, 1.165) is 31.4 Å². The summed E-state index contributed by atoms with van der Waals surface area (Å²) in [7, 11) is 0. The van der Waals surface area contributed by atoms with Gasteiger partial charge in [0.05, 0.1) is 18.7 Å². The molecule has 0 bridgehead atoms. The molecule has 0 aromatic carbocycles. The van der Waals surface area contributed by atoms with Crippen LogP contribution in [-0.2, 0) is 9.53 Å². The molecule has 0 aromatic rings. The molecule has 3 atom stereocenters. The van der Waals surface area contributed by atoms with Gasteiger partial charge in [0.25, 0.3) is 0 Å². The second-order valence-corrected chi connectivity index (χ2v) is 6.66. The highest BCUT2D eigenvalue weighted by atomic mass is 32.2. The zero-order chi connectivity index (χ0) is 14.5. The van der Waals surface area contributed by atoms with Crippen molar-refractivity contribution in [2.24, 2.45) is 0 Å². The van der Waals surface area contributed by atoms with Crippen LogP contribution in [0, 0.1) is 0 Å². The molecule has 2 saturated heterocycles. The quantitative estimate of drug-likeness (QED) is 0.326. The molecule has 5 nitrogen and oxygen atoms in total. The summed E-state index contributed by atoms with van der Waals surface area (Å²) in [6.45, 7) is 5.66. The third-order valence-corrected chi connectivity index (χ3v) is 5.16. The van der Waals surface area contributed by atoms with Gasteiger partial charge in [0, 0.05) is 16.6 Å². The van der Waals surface area contributed by atoms with Crippen LogP contribution in [0.2, 0.25) is 0 Å². The van der Waals surface area contributed by atoms with Crippen LogP contribution in [0.1, 0.15) is 32.6 Å². The molecule has 3 unspecified atom stereocenters. The Labute approximate surface area is 123 Å². The minimum atomic E-state index is -0.307. The Kier molecular flexibility index (Phi) is 5.34. The third kappa shape index (κ3) is 3.91. The normalized spacial score (nSPS) is 27.6. The first-order valence-electron chi connectivity index (χ1n) is 7.09. The summed E-state index contributed by atoms with van der Waals surface area (Å²) in [4.78, 5) is 22.4. The largest absolute Gasteiger partial charge is 0.462 e. The van der Waals surface area contributed by atoms with Crippen LogP contribution >= 0.6 is 11.8 Å². The van der Waals surface area contributed by atoms with E-state index in [4.69, 9.17) is 4.74 Å². The van der Waals surface area contributed by atoms with Crippen LogP contribution in [0.25, 0.3) is 0 Å². The van der Waals surface area contributed by atoms with Gasteiger partial charge in [0.15, 0.2) is 0 Å². The molecule has 112 valence electrons. The van der Waals surface area contributed by atoms with Crippen LogP contribution in [0.3, 0.4) is 0 Å². The van der Waals surface area contributed by atoms with Gasteiger partial charge in [-0.2, -0.15) is 11.8 Å². The van der Waals surface area contributed by atoms with E-state index in [1.165, 1.54) is 0 Å². The number of rotatable bonds is 7. The maximum absolute atomic E-state index is 11.2. The molecule has 2 N–H and O–H groups in total. The molecular weight excluding hydrogens is 276 g/mol. The predicted molar refractivity (Wildman–Crippen MR) is 79.7 cm³/mol. The van der Waals surface area contributed by atoms with Gasteiger partial charge in [0.1, 0.15) is 0 Å². The number of fused-ring (bicyclic) bond motifs is 1. The first-order valence-corrected chi connectivity index (χ1v) is 8.14. The molecule has 2 fully saturated rings. The number of carbonyl (C=O) groups is 2. The number of thioether (sulfide) groups is 1. The molecule has 0 saturated carbocycles. The van der Waals surface area contributed by atoms with E-state index in [1.54, 1.807) is 6.92 Å². The first-order chi connectivity index (χ1) is 9.58. The van der Waals surface area contributed by atoms with Crippen molar-refractivity contribution in [1.82, 2.24) is 10.6 Å². The van der Waals surface area contributed by atoms with E-state index in [9.17, 15) is 9.59 Å². The fourth-order valence-corrected chi connectivity index (χ4v) is 4.10. The summed E-state index contributed by atoms with van der Waals surface area (Å²) in [6.07, 6.45) is 4.12. The lowest BCUT2D eigenvalue weighted by atomic mass is 10.0. The summed E-state index contributed by atoms with van der Waals surface area (Å²) >= 11 is 1.93. The second kappa shape index (κ2) is 7.02. The number of nitrogens with one attached hydrogen (secondary N) is 2. The van der Waals surface area contributed by atoms with Crippen molar-refractivity contribution in [1.29, 1.82) is 0 Å². The van der Waals surface area contributed by atoms with E-state index in [-0.39, 0.29) is 18.0 Å². The lowest BCUT2D eigenvalue weighted by molar-refractivity contribution is -0.139. The van der Waals surface area contributed by atoms with Gasteiger partial charge >= 0.3 is 12.0 Å². The van der Waals surface area contributed by atoms with Gasteiger partial charge in [-0.3, -0.25) is 0 Å². The van der Waals surface area contributed by atoms with Crippen molar-refractivity contribution in [2.75, 3.05) is 12.4 Å². The van der Waals surface area contributed by atoms with Gasteiger partial charge in [-0.25, -0.2) is 9.59 Å². The van der Waals surface area contributed by atoms with E-state index in [0.29, 0.717) is 23.5 Å². The highest BCUT2D eigenvalue weighted by molar-refractivity contribution is 8.00. The van der Waals surface area contributed by atoms with E-state index in [2.05, 4.69) is 17.2 Å². The SMILES string of the molecule is C=C(C)C(=O)OCCCCCC1SCC2NC(=O)NC21. The number of esters is 1. The Morgan fingerprint density at radius 3 is 2.95 bits per heavy atom. The number of amides is 2. The van der Waals surface area contributed by atoms with Crippen LogP contribution in [0.4, 0.5) is 4.79 Å². The standard InChI is InChI=1S/C14H22N2O3S/c1-9(2)13(17)19-7-5-3-4-6-11-12-10(8-20-11)15-14(18)16-12/h10-12H,1,3-8H2,2H3,(H2,15,16,18). The Bertz CT molecular complexity index is 400. The van der Waals surface area contributed by atoms with Gasteiger partial charge < -0.3 is 15.4 Å². The van der Waals surface area contributed by atoms with Crippen LogP contribution < -0.4 is 10.6 Å².